The number of aryl methyl sites for hydroxylation is 1. The number of carbonyl (C=O) groups is 1. The van der Waals surface area contributed by atoms with E-state index in [-0.39, 0.29) is 6.61 Å². The van der Waals surface area contributed by atoms with E-state index in [9.17, 15) is 4.79 Å². The van der Waals surface area contributed by atoms with Gasteiger partial charge in [-0.1, -0.05) is 42.5 Å². The highest BCUT2D eigenvalue weighted by Gasteiger charge is 2.10. The Hall–Kier alpha value is -2.90. The molecule has 3 aromatic rings. The van der Waals surface area contributed by atoms with Gasteiger partial charge in [0.25, 0.3) is 0 Å². The van der Waals surface area contributed by atoms with E-state index in [1.165, 1.54) is 0 Å². The number of alkyl carbamates (subject to hydrolysis) is 1. The molecule has 0 saturated heterocycles. The van der Waals surface area contributed by atoms with Crippen molar-refractivity contribution in [3.8, 4) is 16.2 Å². The van der Waals surface area contributed by atoms with Crippen molar-refractivity contribution in [1.29, 1.82) is 0 Å². The first kappa shape index (κ1) is 19.9. The van der Waals surface area contributed by atoms with Gasteiger partial charge in [0.05, 0.1) is 22.6 Å². The van der Waals surface area contributed by atoms with Gasteiger partial charge in [0.2, 0.25) is 0 Å². The third-order valence-corrected chi connectivity index (χ3v) is 5.11. The summed E-state index contributed by atoms with van der Waals surface area (Å²) in [6, 6.07) is 15.5. The van der Waals surface area contributed by atoms with Crippen LogP contribution in [0.25, 0.3) is 10.4 Å². The van der Waals surface area contributed by atoms with Crippen molar-refractivity contribution in [3.63, 3.8) is 0 Å². The Morgan fingerprint density at radius 2 is 2.04 bits per heavy atom. The third kappa shape index (κ3) is 5.31. The molecule has 0 fully saturated rings. The van der Waals surface area contributed by atoms with Crippen LogP contribution in [-0.2, 0) is 17.9 Å². The van der Waals surface area contributed by atoms with Crippen molar-refractivity contribution in [1.82, 2.24) is 10.3 Å². The fourth-order valence-electron chi connectivity index (χ4n) is 2.67. The Morgan fingerprint density at radius 3 is 2.75 bits per heavy atom. The molecule has 3 N–H and O–H groups in total. The smallest absolute Gasteiger partial charge is 0.407 e. The molecule has 28 heavy (non-hydrogen) atoms. The normalized spacial score (nSPS) is 10.5. The summed E-state index contributed by atoms with van der Waals surface area (Å²) < 4.78 is 11.0. The molecule has 1 aromatic heterocycles. The maximum Gasteiger partial charge on any atom is 0.407 e. The molecule has 2 aromatic carbocycles. The lowest BCUT2D eigenvalue weighted by molar-refractivity contribution is 0.137. The zero-order valence-electron chi connectivity index (χ0n) is 15.7. The molecular formula is C21H23N3O3S. The summed E-state index contributed by atoms with van der Waals surface area (Å²) in [5.74, 6) is 0.715. The van der Waals surface area contributed by atoms with Crippen molar-refractivity contribution in [3.05, 3.63) is 70.9 Å². The van der Waals surface area contributed by atoms with Crippen LogP contribution in [0.15, 0.2) is 54.0 Å². The molecule has 0 unspecified atom stereocenters. The third-order valence-electron chi connectivity index (χ3n) is 4.14. The van der Waals surface area contributed by atoms with E-state index < -0.39 is 6.09 Å². The summed E-state index contributed by atoms with van der Waals surface area (Å²) in [5, 5.41) is 2.69. The average Bonchev–Trinajstić information content (AvgIpc) is 3.16. The van der Waals surface area contributed by atoms with E-state index >= 15 is 0 Å². The summed E-state index contributed by atoms with van der Waals surface area (Å²) in [4.78, 5) is 17.2. The van der Waals surface area contributed by atoms with Crippen molar-refractivity contribution in [2.45, 2.75) is 20.1 Å². The molecule has 146 valence electrons. The highest BCUT2D eigenvalue weighted by Crippen LogP contribution is 2.31. The lowest BCUT2D eigenvalue weighted by Gasteiger charge is -2.13. The van der Waals surface area contributed by atoms with Crippen LogP contribution in [0.2, 0.25) is 0 Å². The van der Waals surface area contributed by atoms with Gasteiger partial charge in [-0.15, -0.1) is 11.3 Å². The van der Waals surface area contributed by atoms with Crippen molar-refractivity contribution in [2.75, 3.05) is 13.2 Å². The second-order valence-corrected chi connectivity index (χ2v) is 6.99. The number of hydrogen-bond donors (Lipinski definition) is 2. The van der Waals surface area contributed by atoms with E-state index in [2.05, 4.69) is 10.3 Å². The molecule has 3 rings (SSSR count). The standard InChI is InChI=1S/C21H23N3O3S/c1-15-20(28-14-24-15)17-7-8-18(12-22)19(11-17)26-10-9-23-21(25)27-13-16-5-3-2-4-6-16/h2-8,11,14H,9-10,12-13,22H2,1H3,(H,23,25). The number of nitrogens with zero attached hydrogens (tertiary/aromatic N) is 1. The summed E-state index contributed by atoms with van der Waals surface area (Å²) in [7, 11) is 0. The first-order valence-corrected chi connectivity index (χ1v) is 9.86. The number of amides is 1. The SMILES string of the molecule is Cc1ncsc1-c1ccc(CN)c(OCCNC(=O)OCc2ccccc2)c1. The number of rotatable bonds is 8. The summed E-state index contributed by atoms with van der Waals surface area (Å²) >= 11 is 1.59. The Labute approximate surface area is 168 Å². The molecule has 7 heteroatoms. The molecule has 0 aliphatic rings. The number of hydrogen-bond acceptors (Lipinski definition) is 6. The second-order valence-electron chi connectivity index (χ2n) is 6.13. The average molecular weight is 398 g/mol. The quantitative estimate of drug-likeness (QED) is 0.563. The molecule has 1 heterocycles. The van der Waals surface area contributed by atoms with Gasteiger partial charge in [-0.2, -0.15) is 0 Å². The van der Waals surface area contributed by atoms with Crippen LogP contribution < -0.4 is 15.8 Å². The number of ether oxygens (including phenoxy) is 2. The molecule has 0 saturated carbocycles. The zero-order valence-corrected chi connectivity index (χ0v) is 16.5. The van der Waals surface area contributed by atoms with Crippen LogP contribution in [0.3, 0.4) is 0 Å². The summed E-state index contributed by atoms with van der Waals surface area (Å²) in [6.45, 7) is 3.25. The van der Waals surface area contributed by atoms with Crippen molar-refractivity contribution < 1.29 is 14.3 Å². The number of benzene rings is 2. The first-order chi connectivity index (χ1) is 13.7. The maximum atomic E-state index is 11.8. The van der Waals surface area contributed by atoms with Crippen LogP contribution in [0, 0.1) is 6.92 Å². The van der Waals surface area contributed by atoms with E-state index in [0.29, 0.717) is 25.4 Å². The number of thiazole rings is 1. The Kier molecular flexibility index (Phi) is 7.00. The van der Waals surface area contributed by atoms with Crippen LogP contribution in [0.4, 0.5) is 4.79 Å². The van der Waals surface area contributed by atoms with Crippen LogP contribution in [0.5, 0.6) is 5.75 Å². The van der Waals surface area contributed by atoms with Gasteiger partial charge in [0.15, 0.2) is 0 Å². The summed E-state index contributed by atoms with van der Waals surface area (Å²) in [6.07, 6.45) is -0.472. The molecule has 0 atom stereocenters. The minimum absolute atomic E-state index is 0.237. The van der Waals surface area contributed by atoms with Gasteiger partial charge in [-0.05, 0) is 24.1 Å². The van der Waals surface area contributed by atoms with Gasteiger partial charge in [0, 0.05) is 12.1 Å². The Bertz CT molecular complexity index is 912. The zero-order chi connectivity index (χ0) is 19.8. The van der Waals surface area contributed by atoms with Crippen LogP contribution >= 0.6 is 11.3 Å². The lowest BCUT2D eigenvalue weighted by atomic mass is 10.1. The minimum atomic E-state index is -0.472. The van der Waals surface area contributed by atoms with Gasteiger partial charge in [0.1, 0.15) is 19.0 Å². The van der Waals surface area contributed by atoms with E-state index in [0.717, 1.165) is 27.3 Å². The van der Waals surface area contributed by atoms with E-state index in [1.54, 1.807) is 11.3 Å². The molecule has 0 aliphatic heterocycles. The maximum absolute atomic E-state index is 11.8. The van der Waals surface area contributed by atoms with E-state index in [4.69, 9.17) is 15.2 Å². The Balaban J connectivity index is 1.50. The van der Waals surface area contributed by atoms with Crippen molar-refractivity contribution in [2.24, 2.45) is 5.73 Å². The Morgan fingerprint density at radius 1 is 1.21 bits per heavy atom. The van der Waals surface area contributed by atoms with Gasteiger partial charge in [-0.3, -0.25) is 0 Å². The number of carbonyl (C=O) groups excluding carboxylic acids is 1. The second kappa shape index (κ2) is 9.87. The molecule has 0 radical (unpaired) electrons. The number of nitrogens with one attached hydrogen (secondary N) is 1. The summed E-state index contributed by atoms with van der Waals surface area (Å²) in [5.41, 5.74) is 11.5. The van der Waals surface area contributed by atoms with Gasteiger partial charge in [-0.25, -0.2) is 9.78 Å². The molecule has 6 nitrogen and oxygen atoms in total. The predicted molar refractivity (Wildman–Crippen MR) is 110 cm³/mol. The lowest BCUT2D eigenvalue weighted by Crippen LogP contribution is -2.28. The highest BCUT2D eigenvalue weighted by atomic mass is 32.1. The molecular weight excluding hydrogens is 374 g/mol. The monoisotopic (exact) mass is 397 g/mol. The fraction of sp³-hybridized carbons (Fsp3) is 0.238. The topological polar surface area (TPSA) is 86.5 Å². The van der Waals surface area contributed by atoms with Crippen molar-refractivity contribution >= 4 is 17.4 Å². The number of nitrogens with two attached hydrogens (primary N) is 1. The van der Waals surface area contributed by atoms with Gasteiger partial charge < -0.3 is 20.5 Å². The fourth-order valence-corrected chi connectivity index (χ4v) is 3.47. The van der Waals surface area contributed by atoms with Gasteiger partial charge >= 0.3 is 6.09 Å². The number of aromatic nitrogens is 1. The molecule has 0 bridgehead atoms. The van der Waals surface area contributed by atoms with Crippen LogP contribution in [0.1, 0.15) is 16.8 Å². The predicted octanol–water partition coefficient (Wildman–Crippen LogP) is 3.88. The highest BCUT2D eigenvalue weighted by molar-refractivity contribution is 7.13. The molecule has 1 amide bonds. The first-order valence-electron chi connectivity index (χ1n) is 8.98. The van der Waals surface area contributed by atoms with E-state index in [1.807, 2.05) is 61.0 Å². The largest absolute Gasteiger partial charge is 0.491 e. The van der Waals surface area contributed by atoms with Crippen LogP contribution in [-0.4, -0.2) is 24.2 Å². The molecule has 0 aliphatic carbocycles. The minimum Gasteiger partial charge on any atom is -0.491 e. The molecule has 0 spiro atoms.